The van der Waals surface area contributed by atoms with Crippen LogP contribution in [0.3, 0.4) is 0 Å². The van der Waals surface area contributed by atoms with Crippen LogP contribution in [0, 0.1) is 5.92 Å². The van der Waals surface area contributed by atoms with Crippen molar-refractivity contribution < 1.29 is 29.1 Å². The van der Waals surface area contributed by atoms with Gasteiger partial charge in [-0.1, -0.05) is 0 Å². The predicted molar refractivity (Wildman–Crippen MR) is 82.1 cm³/mol. The monoisotopic (exact) mass is 345 g/mol. The first kappa shape index (κ1) is 16.8. The van der Waals surface area contributed by atoms with Crippen LogP contribution in [-0.4, -0.2) is 75.2 Å². The van der Waals surface area contributed by atoms with Gasteiger partial charge in [0, 0.05) is 55.9 Å². The summed E-state index contributed by atoms with van der Waals surface area (Å²) in [6.07, 6.45) is 5.91. The topological polar surface area (TPSA) is 115 Å². The van der Waals surface area contributed by atoms with E-state index in [0.717, 1.165) is 39.0 Å². The van der Waals surface area contributed by atoms with E-state index in [1.165, 1.54) is 12.2 Å². The molecule has 0 aromatic carbocycles. The molecule has 3 heterocycles. The van der Waals surface area contributed by atoms with Gasteiger partial charge in [-0.05, 0) is 6.08 Å². The van der Waals surface area contributed by atoms with Crippen molar-refractivity contribution in [2.45, 2.75) is 6.23 Å². The summed E-state index contributed by atoms with van der Waals surface area (Å²) in [5.74, 6) is -3.03. The third-order valence-corrected chi connectivity index (χ3v) is 4.15. The molecule has 0 fully saturated rings. The quantitative estimate of drug-likeness (QED) is 0.566. The van der Waals surface area contributed by atoms with Crippen LogP contribution < -0.4 is 0 Å². The molecular formula is C16H15N3O6. The highest BCUT2D eigenvalue weighted by Gasteiger charge is 2.34. The van der Waals surface area contributed by atoms with Gasteiger partial charge in [-0.15, -0.1) is 0 Å². The van der Waals surface area contributed by atoms with E-state index >= 15 is 0 Å². The Labute approximate surface area is 142 Å². The van der Waals surface area contributed by atoms with Gasteiger partial charge < -0.3 is 10.0 Å². The Hall–Kier alpha value is -3.07. The third-order valence-electron chi connectivity index (χ3n) is 4.15. The van der Waals surface area contributed by atoms with Gasteiger partial charge in [-0.2, -0.15) is 0 Å². The Morgan fingerprint density at radius 2 is 1.16 bits per heavy atom. The van der Waals surface area contributed by atoms with Crippen molar-refractivity contribution >= 4 is 29.5 Å². The molecule has 0 aromatic heterocycles. The van der Waals surface area contributed by atoms with E-state index < -0.39 is 41.7 Å². The highest BCUT2D eigenvalue weighted by Crippen LogP contribution is 2.17. The highest BCUT2D eigenvalue weighted by atomic mass is 16.3. The zero-order valence-electron chi connectivity index (χ0n) is 13.1. The lowest BCUT2D eigenvalue weighted by molar-refractivity contribution is -0.139. The fourth-order valence-electron chi connectivity index (χ4n) is 2.89. The molecule has 5 amide bonds. The van der Waals surface area contributed by atoms with E-state index in [0.29, 0.717) is 0 Å². The number of aliphatic hydroxyl groups excluding tert-OH is 1. The Kier molecular flexibility index (Phi) is 4.32. The molecule has 0 aliphatic carbocycles. The molecule has 130 valence electrons. The summed E-state index contributed by atoms with van der Waals surface area (Å²) >= 11 is 0. The maximum atomic E-state index is 11.8. The summed E-state index contributed by atoms with van der Waals surface area (Å²) in [7, 11) is 0. The molecule has 25 heavy (non-hydrogen) atoms. The van der Waals surface area contributed by atoms with Gasteiger partial charge in [-0.3, -0.25) is 33.8 Å². The molecular weight excluding hydrogens is 330 g/mol. The molecule has 0 aromatic rings. The van der Waals surface area contributed by atoms with Crippen molar-refractivity contribution in [2.24, 2.45) is 5.92 Å². The van der Waals surface area contributed by atoms with E-state index in [1.54, 1.807) is 0 Å². The van der Waals surface area contributed by atoms with Crippen LogP contribution in [0.25, 0.3) is 0 Å². The van der Waals surface area contributed by atoms with Crippen LogP contribution in [0.5, 0.6) is 0 Å². The average molecular weight is 345 g/mol. The van der Waals surface area contributed by atoms with Crippen molar-refractivity contribution in [3.63, 3.8) is 0 Å². The molecule has 0 saturated heterocycles. The Balaban J connectivity index is 1.75. The minimum absolute atomic E-state index is 0.0267. The molecule has 9 heteroatoms. The van der Waals surface area contributed by atoms with Crippen LogP contribution in [0.15, 0.2) is 36.5 Å². The maximum Gasteiger partial charge on any atom is 0.253 e. The molecule has 1 N–H and O–H groups in total. The summed E-state index contributed by atoms with van der Waals surface area (Å²) < 4.78 is 0. The van der Waals surface area contributed by atoms with E-state index in [9.17, 15) is 29.1 Å². The summed E-state index contributed by atoms with van der Waals surface area (Å²) in [4.78, 5) is 62.0. The first-order chi connectivity index (χ1) is 11.9. The van der Waals surface area contributed by atoms with Crippen LogP contribution >= 0.6 is 0 Å². The number of imide groups is 2. The van der Waals surface area contributed by atoms with Gasteiger partial charge in [0.05, 0.1) is 0 Å². The van der Waals surface area contributed by atoms with E-state index in [-0.39, 0.29) is 19.6 Å². The minimum Gasteiger partial charge on any atom is -0.370 e. The molecule has 3 aliphatic heterocycles. The molecule has 0 bridgehead atoms. The lowest BCUT2D eigenvalue weighted by Gasteiger charge is -2.30. The smallest absolute Gasteiger partial charge is 0.253 e. The second-order valence-electron chi connectivity index (χ2n) is 5.87. The number of rotatable bonds is 6. The van der Waals surface area contributed by atoms with Crippen LogP contribution in [0.4, 0.5) is 0 Å². The number of amides is 5. The van der Waals surface area contributed by atoms with E-state index in [2.05, 4.69) is 0 Å². The van der Waals surface area contributed by atoms with Crippen LogP contribution in [-0.2, 0) is 24.0 Å². The summed E-state index contributed by atoms with van der Waals surface area (Å²) in [6, 6.07) is 0. The molecule has 3 rings (SSSR count). The third kappa shape index (κ3) is 3.26. The van der Waals surface area contributed by atoms with Crippen LogP contribution in [0.1, 0.15) is 0 Å². The molecule has 3 aliphatic rings. The van der Waals surface area contributed by atoms with E-state index in [4.69, 9.17) is 0 Å². The molecule has 0 spiro atoms. The normalized spacial score (nSPS) is 22.7. The van der Waals surface area contributed by atoms with Gasteiger partial charge in [0.25, 0.3) is 23.6 Å². The number of nitrogens with zero attached hydrogens (tertiary/aromatic N) is 3. The predicted octanol–water partition coefficient (Wildman–Crippen LogP) is -1.83. The fraction of sp³-hybridized carbons (Fsp3) is 0.312. The molecule has 0 saturated carbocycles. The Morgan fingerprint density at radius 3 is 1.52 bits per heavy atom. The van der Waals surface area contributed by atoms with Gasteiger partial charge in [0.15, 0.2) is 0 Å². The van der Waals surface area contributed by atoms with Crippen molar-refractivity contribution in [1.29, 1.82) is 0 Å². The number of aliphatic hydroxyl groups is 1. The van der Waals surface area contributed by atoms with Crippen molar-refractivity contribution in [2.75, 3.05) is 19.6 Å². The number of carbonyl (C=O) groups is 5. The van der Waals surface area contributed by atoms with Gasteiger partial charge in [-0.25, -0.2) is 0 Å². The second-order valence-corrected chi connectivity index (χ2v) is 5.87. The van der Waals surface area contributed by atoms with Gasteiger partial charge in [0.2, 0.25) is 5.91 Å². The zero-order chi connectivity index (χ0) is 18.1. The van der Waals surface area contributed by atoms with Crippen molar-refractivity contribution in [1.82, 2.24) is 14.7 Å². The molecule has 1 unspecified atom stereocenters. The Morgan fingerprint density at radius 1 is 0.720 bits per heavy atom. The van der Waals surface area contributed by atoms with E-state index in [1.807, 2.05) is 0 Å². The number of hydrogen-bond acceptors (Lipinski definition) is 6. The average Bonchev–Trinajstić information content (AvgIpc) is 3.17. The minimum atomic E-state index is -1.12. The first-order valence-electron chi connectivity index (χ1n) is 7.61. The number of carbonyl (C=O) groups excluding carboxylic acids is 5. The fourth-order valence-corrected chi connectivity index (χ4v) is 2.89. The lowest BCUT2D eigenvalue weighted by atomic mass is 10.1. The first-order valence-corrected chi connectivity index (χ1v) is 7.61. The standard InChI is InChI=1S/C16H15N3O6/c20-11-1-2-12(21)17(11)7-10(8-18-13(22)3-4-14(18)23)9-19-15(24)5-6-16(19)25/h1-6,10-11,20H,7-9H2. The summed E-state index contributed by atoms with van der Waals surface area (Å²) in [5.41, 5.74) is 0. The SMILES string of the molecule is O=C1C=CC(=O)N1CC(CN1C(=O)C=CC1=O)CN1C(=O)C=CC1O. The Bertz CT molecular complexity index is 673. The van der Waals surface area contributed by atoms with Gasteiger partial charge >= 0.3 is 0 Å². The largest absolute Gasteiger partial charge is 0.370 e. The maximum absolute atomic E-state index is 11.8. The summed E-state index contributed by atoms with van der Waals surface area (Å²) in [5, 5.41) is 9.84. The molecule has 0 radical (unpaired) electrons. The van der Waals surface area contributed by atoms with Gasteiger partial charge in [0.1, 0.15) is 6.23 Å². The highest BCUT2D eigenvalue weighted by molar-refractivity contribution is 6.13. The lowest BCUT2D eigenvalue weighted by Crippen LogP contribution is -2.47. The second kappa shape index (κ2) is 6.44. The zero-order valence-corrected chi connectivity index (χ0v) is 13.1. The van der Waals surface area contributed by atoms with Crippen molar-refractivity contribution in [3.05, 3.63) is 36.5 Å². The molecule has 9 nitrogen and oxygen atoms in total. The van der Waals surface area contributed by atoms with Crippen molar-refractivity contribution in [3.8, 4) is 0 Å². The molecule has 1 atom stereocenters. The summed E-state index contributed by atoms with van der Waals surface area (Å²) in [6.45, 7) is -0.197. The van der Waals surface area contributed by atoms with Crippen LogP contribution in [0.2, 0.25) is 0 Å². The number of hydrogen-bond donors (Lipinski definition) is 1.